The number of nitrogens with one attached hydrogen (secondary N) is 1. The van der Waals surface area contributed by atoms with E-state index in [4.69, 9.17) is 5.73 Å². The SMILES string of the molecule is Nc1nc(Nc2nccc3ccccc23)nc2c1ncn2Cc1ccc(C(F)(F)F)cc1. The first-order valence-corrected chi connectivity index (χ1v) is 9.64. The molecule has 5 rings (SSSR count). The smallest absolute Gasteiger partial charge is 0.382 e. The molecule has 0 saturated carbocycles. The van der Waals surface area contributed by atoms with E-state index in [0.717, 1.165) is 22.9 Å². The van der Waals surface area contributed by atoms with Crippen LogP contribution in [0.3, 0.4) is 0 Å². The first-order valence-electron chi connectivity index (χ1n) is 9.64. The summed E-state index contributed by atoms with van der Waals surface area (Å²) in [6, 6.07) is 14.6. The van der Waals surface area contributed by atoms with Crippen LogP contribution in [0.25, 0.3) is 21.9 Å². The number of nitrogens with two attached hydrogens (primary N) is 1. The quantitative estimate of drug-likeness (QED) is 0.422. The molecular weight excluding hydrogens is 419 g/mol. The van der Waals surface area contributed by atoms with Crippen LogP contribution in [-0.4, -0.2) is 24.5 Å². The second kappa shape index (κ2) is 7.49. The Morgan fingerprint density at radius 1 is 0.938 bits per heavy atom. The maximum absolute atomic E-state index is 12.8. The van der Waals surface area contributed by atoms with Crippen LogP contribution in [0.4, 0.5) is 30.8 Å². The maximum Gasteiger partial charge on any atom is 0.416 e. The van der Waals surface area contributed by atoms with Gasteiger partial charge in [0.2, 0.25) is 5.95 Å². The zero-order chi connectivity index (χ0) is 22.3. The molecule has 7 nitrogen and oxygen atoms in total. The summed E-state index contributed by atoms with van der Waals surface area (Å²) in [4.78, 5) is 17.4. The molecule has 32 heavy (non-hydrogen) atoms. The van der Waals surface area contributed by atoms with Gasteiger partial charge < -0.3 is 15.6 Å². The van der Waals surface area contributed by atoms with Gasteiger partial charge in [0.1, 0.15) is 11.3 Å². The third kappa shape index (κ3) is 3.66. The molecule has 0 aliphatic heterocycles. The lowest BCUT2D eigenvalue weighted by Gasteiger charge is -2.10. The number of nitrogens with zero attached hydrogens (tertiary/aromatic N) is 5. The Hall–Kier alpha value is -4.21. The standard InChI is InChI=1S/C22H16F3N7/c23-22(24,25)15-7-5-13(6-8-15)11-32-12-28-17-18(26)29-21(31-20(17)32)30-19-16-4-2-1-3-14(16)9-10-27-19/h1-10,12H,11H2,(H3,26,27,29,30,31). The molecule has 3 aromatic heterocycles. The number of rotatable bonds is 4. The lowest BCUT2D eigenvalue weighted by molar-refractivity contribution is -0.137. The number of aromatic nitrogens is 5. The number of fused-ring (bicyclic) bond motifs is 2. The Morgan fingerprint density at radius 2 is 1.72 bits per heavy atom. The van der Waals surface area contributed by atoms with Gasteiger partial charge >= 0.3 is 6.18 Å². The summed E-state index contributed by atoms with van der Waals surface area (Å²) in [7, 11) is 0. The van der Waals surface area contributed by atoms with Gasteiger partial charge in [0.15, 0.2) is 11.5 Å². The number of imidazole rings is 1. The molecule has 0 unspecified atom stereocenters. The topological polar surface area (TPSA) is 94.5 Å². The zero-order valence-corrected chi connectivity index (χ0v) is 16.5. The van der Waals surface area contributed by atoms with Gasteiger partial charge in [0, 0.05) is 11.6 Å². The number of benzene rings is 2. The Labute approximate surface area is 179 Å². The van der Waals surface area contributed by atoms with E-state index >= 15 is 0 Å². The van der Waals surface area contributed by atoms with Gasteiger partial charge in [-0.05, 0) is 29.1 Å². The maximum atomic E-state index is 12.8. The van der Waals surface area contributed by atoms with Crippen molar-refractivity contribution in [1.29, 1.82) is 0 Å². The third-order valence-electron chi connectivity index (χ3n) is 5.03. The Morgan fingerprint density at radius 3 is 2.50 bits per heavy atom. The molecule has 0 fully saturated rings. The van der Waals surface area contributed by atoms with Gasteiger partial charge in [0.05, 0.1) is 18.4 Å². The molecule has 5 aromatic rings. The number of anilines is 3. The van der Waals surface area contributed by atoms with Crippen LogP contribution in [0.2, 0.25) is 0 Å². The average molecular weight is 435 g/mol. The summed E-state index contributed by atoms with van der Waals surface area (Å²) in [5.74, 6) is 1.01. The van der Waals surface area contributed by atoms with Crippen LogP contribution in [0.15, 0.2) is 67.1 Å². The number of alkyl halides is 3. The third-order valence-corrected chi connectivity index (χ3v) is 5.03. The fourth-order valence-electron chi connectivity index (χ4n) is 3.46. The number of hydrogen-bond acceptors (Lipinski definition) is 6. The number of halogens is 3. The van der Waals surface area contributed by atoms with Gasteiger partial charge in [0.25, 0.3) is 0 Å². The van der Waals surface area contributed by atoms with Crippen molar-refractivity contribution >= 4 is 39.5 Å². The van der Waals surface area contributed by atoms with E-state index in [0.29, 0.717) is 22.5 Å². The first-order chi connectivity index (χ1) is 15.4. The fraction of sp³-hybridized carbons (Fsp3) is 0.0909. The largest absolute Gasteiger partial charge is 0.416 e. The van der Waals surface area contributed by atoms with E-state index < -0.39 is 11.7 Å². The lowest BCUT2D eigenvalue weighted by atomic mass is 10.1. The summed E-state index contributed by atoms with van der Waals surface area (Å²) in [5.41, 5.74) is 6.92. The minimum Gasteiger partial charge on any atom is -0.382 e. The average Bonchev–Trinajstić information content (AvgIpc) is 3.17. The summed E-state index contributed by atoms with van der Waals surface area (Å²) in [6.07, 6.45) is -1.16. The van der Waals surface area contributed by atoms with Crippen molar-refractivity contribution in [3.8, 4) is 0 Å². The molecule has 0 saturated heterocycles. The van der Waals surface area contributed by atoms with E-state index in [1.807, 2.05) is 30.3 Å². The van der Waals surface area contributed by atoms with Crippen LogP contribution in [0.1, 0.15) is 11.1 Å². The highest BCUT2D eigenvalue weighted by molar-refractivity contribution is 5.93. The molecule has 0 aliphatic carbocycles. The monoisotopic (exact) mass is 435 g/mol. The van der Waals surface area contributed by atoms with E-state index in [2.05, 4.69) is 25.3 Å². The van der Waals surface area contributed by atoms with Crippen molar-refractivity contribution in [3.05, 3.63) is 78.2 Å². The molecular formula is C22H16F3N7. The van der Waals surface area contributed by atoms with Gasteiger partial charge in [-0.3, -0.25) is 0 Å². The van der Waals surface area contributed by atoms with Gasteiger partial charge in [-0.15, -0.1) is 0 Å². The number of nitrogen functional groups attached to an aromatic ring is 1. The van der Waals surface area contributed by atoms with Gasteiger partial charge in [-0.25, -0.2) is 9.97 Å². The van der Waals surface area contributed by atoms with Crippen molar-refractivity contribution in [2.45, 2.75) is 12.7 Å². The highest BCUT2D eigenvalue weighted by atomic mass is 19.4. The Bertz CT molecular complexity index is 1420. The minimum atomic E-state index is -4.38. The summed E-state index contributed by atoms with van der Waals surface area (Å²) in [5, 5.41) is 5.01. The molecule has 0 amide bonds. The Kier molecular flexibility index (Phi) is 4.62. The zero-order valence-electron chi connectivity index (χ0n) is 16.5. The predicted octanol–water partition coefficient (Wildman–Crippen LogP) is 4.77. The number of pyridine rings is 1. The van der Waals surface area contributed by atoms with Crippen molar-refractivity contribution in [2.75, 3.05) is 11.1 Å². The molecule has 160 valence electrons. The van der Waals surface area contributed by atoms with E-state index in [1.165, 1.54) is 18.5 Å². The van der Waals surface area contributed by atoms with Crippen LogP contribution in [-0.2, 0) is 12.7 Å². The highest BCUT2D eigenvalue weighted by Crippen LogP contribution is 2.29. The van der Waals surface area contributed by atoms with Crippen molar-refractivity contribution in [1.82, 2.24) is 24.5 Å². The predicted molar refractivity (Wildman–Crippen MR) is 115 cm³/mol. The van der Waals surface area contributed by atoms with Crippen LogP contribution in [0.5, 0.6) is 0 Å². The Balaban J connectivity index is 1.48. The number of hydrogen-bond donors (Lipinski definition) is 2. The molecule has 0 spiro atoms. The van der Waals surface area contributed by atoms with E-state index in [1.54, 1.807) is 10.8 Å². The normalized spacial score (nSPS) is 11.8. The molecule has 2 aromatic carbocycles. The van der Waals surface area contributed by atoms with Crippen LogP contribution in [0, 0.1) is 0 Å². The lowest BCUT2D eigenvalue weighted by Crippen LogP contribution is -2.07. The van der Waals surface area contributed by atoms with Gasteiger partial charge in [-0.2, -0.15) is 23.1 Å². The summed E-state index contributed by atoms with van der Waals surface area (Å²) >= 11 is 0. The first kappa shape index (κ1) is 19.7. The minimum absolute atomic E-state index is 0.184. The summed E-state index contributed by atoms with van der Waals surface area (Å²) < 4.78 is 40.1. The summed E-state index contributed by atoms with van der Waals surface area (Å²) in [6.45, 7) is 0.275. The van der Waals surface area contributed by atoms with Crippen molar-refractivity contribution in [3.63, 3.8) is 0 Å². The molecule has 0 bridgehead atoms. The molecule has 0 atom stereocenters. The molecule has 3 N–H and O–H groups in total. The second-order valence-electron chi connectivity index (χ2n) is 7.18. The van der Waals surface area contributed by atoms with E-state index in [9.17, 15) is 13.2 Å². The molecule has 10 heteroatoms. The van der Waals surface area contributed by atoms with Crippen LogP contribution >= 0.6 is 0 Å². The van der Waals surface area contributed by atoms with Crippen molar-refractivity contribution in [2.24, 2.45) is 0 Å². The molecule has 0 radical (unpaired) electrons. The molecule has 3 heterocycles. The fourth-order valence-corrected chi connectivity index (χ4v) is 3.46. The van der Waals surface area contributed by atoms with Gasteiger partial charge in [-0.1, -0.05) is 36.4 Å². The second-order valence-corrected chi connectivity index (χ2v) is 7.18. The molecule has 0 aliphatic rings. The highest BCUT2D eigenvalue weighted by Gasteiger charge is 2.29. The van der Waals surface area contributed by atoms with Crippen molar-refractivity contribution < 1.29 is 13.2 Å². The van der Waals surface area contributed by atoms with Crippen LogP contribution < -0.4 is 11.1 Å². The van der Waals surface area contributed by atoms with E-state index in [-0.39, 0.29) is 18.3 Å².